The summed E-state index contributed by atoms with van der Waals surface area (Å²) in [5.74, 6) is 0. The Morgan fingerprint density at radius 1 is 0.595 bits per heavy atom. The van der Waals surface area contributed by atoms with Crippen LogP contribution in [-0.2, 0) is 0 Å². The Balaban J connectivity index is -0.000000196. The van der Waals surface area contributed by atoms with E-state index in [2.05, 4.69) is 66.0 Å². The molecule has 1 fully saturated rings. The molecular weight excluding hydrogens is 804 g/mol. The Hall–Kier alpha value is 4.11. The second kappa shape index (κ2) is 28.9. The van der Waals surface area contributed by atoms with E-state index in [-0.39, 0.29) is 66.5 Å². The first kappa shape index (κ1) is 48.0. The lowest BCUT2D eigenvalue weighted by molar-refractivity contribution is 0.210. The maximum Gasteiger partial charge on any atom is 0.153 e. The van der Waals surface area contributed by atoms with Crippen molar-refractivity contribution in [1.82, 2.24) is 44.9 Å². The lowest BCUT2D eigenvalue weighted by Crippen LogP contribution is -2.58. The molecule has 1 aliphatic heterocycles. The summed E-state index contributed by atoms with van der Waals surface area (Å²) in [6.45, 7) is 0. The van der Waals surface area contributed by atoms with Crippen LogP contribution < -0.4 is 0 Å². The minimum Gasteiger partial charge on any atom is -0.377 e. The van der Waals surface area contributed by atoms with Crippen molar-refractivity contribution in [2.45, 2.75) is 13.7 Å². The lowest BCUT2D eigenvalue weighted by atomic mass is 10.9. The van der Waals surface area contributed by atoms with E-state index >= 15 is 0 Å². The van der Waals surface area contributed by atoms with Gasteiger partial charge in [-0.2, -0.15) is 0 Å². The van der Waals surface area contributed by atoms with Gasteiger partial charge < -0.3 is 44.9 Å². The van der Waals surface area contributed by atoms with Gasteiger partial charge in [0.25, 0.3) is 0 Å². The Morgan fingerprint density at radius 3 is 1.05 bits per heavy atom. The van der Waals surface area contributed by atoms with Gasteiger partial charge in [0.05, 0.1) is 162 Å². The van der Waals surface area contributed by atoms with Crippen molar-refractivity contribution >= 4 is 215 Å². The molecule has 0 N–H and O–H groups in total. The quantitative estimate of drug-likeness (QED) is 0.164. The third-order valence-electron chi connectivity index (χ3n) is 4.45. The van der Waals surface area contributed by atoms with Crippen LogP contribution in [0, 0.1) is 0 Å². The van der Waals surface area contributed by atoms with Crippen LogP contribution in [0.1, 0.15) is 7.43 Å². The molecule has 37 heavy (non-hydrogen) atoms. The second-order valence-corrected chi connectivity index (χ2v) is 77.7. The molecule has 0 spiro atoms. The van der Waals surface area contributed by atoms with Crippen LogP contribution in [0.4, 0.5) is 0 Å². The summed E-state index contributed by atoms with van der Waals surface area (Å²) in [6.07, 6.45) is 0.698. The van der Waals surface area contributed by atoms with Gasteiger partial charge in [-0.25, -0.2) is 0 Å². The molecule has 0 amide bonds. The molecule has 0 aliphatic carbocycles. The molecule has 0 bridgehead atoms. The highest BCUT2D eigenvalue weighted by atomic mass is 28.4. The van der Waals surface area contributed by atoms with Gasteiger partial charge in [-0.3, -0.25) is 0 Å². The van der Waals surface area contributed by atoms with Gasteiger partial charge in [0, 0.05) is 0 Å². The van der Waals surface area contributed by atoms with Crippen molar-refractivity contribution in [3.05, 3.63) is 0 Å². The normalized spacial score (nSPS) is 20.2. The third-order valence-corrected chi connectivity index (χ3v) is 28.7. The van der Waals surface area contributed by atoms with E-state index in [0.29, 0.717) is 6.29 Å². The van der Waals surface area contributed by atoms with E-state index in [9.17, 15) is 0 Å². The van der Waals surface area contributed by atoms with Crippen molar-refractivity contribution in [2.24, 2.45) is 0 Å². The van der Waals surface area contributed by atoms with Crippen LogP contribution in [0.2, 0.25) is 0 Å². The summed E-state index contributed by atoms with van der Waals surface area (Å²) in [5.41, 5.74) is 0. The number of hydrogen-bond donors (Lipinski definition) is 0. The summed E-state index contributed by atoms with van der Waals surface area (Å²) in [5, 5.41) is 0. The van der Waals surface area contributed by atoms with Gasteiger partial charge in [-0.1, -0.05) is 7.43 Å². The zero-order chi connectivity index (χ0) is 29.2. The first-order valence-electron chi connectivity index (χ1n) is 12.6. The van der Waals surface area contributed by atoms with E-state index in [1.807, 2.05) is 0 Å². The van der Waals surface area contributed by atoms with Crippen molar-refractivity contribution < 1.29 is 0 Å². The van der Waals surface area contributed by atoms with Gasteiger partial charge in [0.15, 0.2) is 29.5 Å². The molecule has 0 atom stereocenters. The van der Waals surface area contributed by atoms with Gasteiger partial charge in [-0.15, -0.1) is 0 Å². The van der Waals surface area contributed by atoms with Crippen LogP contribution in [0.15, 0.2) is 0 Å². The topological polar surface area (TPSA) is 35.6 Å². The van der Waals surface area contributed by atoms with Gasteiger partial charge >= 0.3 is 0 Å². The molecule has 0 aromatic heterocycles. The standard InChI is InChI=1S/C2H19N3Si5.CH15N3Si5.CH14N2Si4.CH4.H19N3Si7/c1-3(6)2(4(7)8)5(9)10;1-2-7-3(5)9-4(6)8-2;1-2(4)7-3(5)6;;4-1(5)9-3(8)10-2(6)7/h2H,1,6-10H3;7-9H2,1,5-6H3;7H2,1,4-6H3;1H4;9-10H2,4-8H3. The molecule has 1 heterocycles. The molecule has 32 heteroatoms. The number of hydrogen-bond acceptors (Lipinski definition) is 11. The van der Waals surface area contributed by atoms with Crippen molar-refractivity contribution in [1.29, 1.82) is 0 Å². The summed E-state index contributed by atoms with van der Waals surface area (Å²) in [7, 11) is 27.0. The first-order valence-corrected chi connectivity index (χ1v) is 33.6. The SMILES string of the molecule is C.CN([SiH3])C(N([SiH3])[SiH3])N([SiH3])[SiH3].CN([SiH3])[SiH2]N([SiH3])[SiH3].CN1[SiH2]N([SiH3])[SiH2]N([SiH3])[SiH2]1.[SiH3]N([SiH3])[SiH2]N([SiH3])[SiH2]N([SiH3])[SiH3]. The Morgan fingerprint density at radius 2 is 0.919 bits per heavy atom. The molecule has 0 radical (unpaired) electrons. The predicted molar refractivity (Wildman–Crippen MR) is 249 cm³/mol. The summed E-state index contributed by atoms with van der Waals surface area (Å²) in [4.78, 5) is 0. The van der Waals surface area contributed by atoms with Crippen LogP contribution in [0.5, 0.6) is 0 Å². The summed E-state index contributed by atoms with van der Waals surface area (Å²) < 4.78 is 28.9. The highest BCUT2D eigenvalue weighted by Crippen LogP contribution is 1.95. The fourth-order valence-corrected chi connectivity index (χ4v) is 72.3. The molecule has 11 nitrogen and oxygen atoms in total. The minimum atomic E-state index is 0. The van der Waals surface area contributed by atoms with E-state index in [1.165, 1.54) is 156 Å². The Kier molecular flexibility index (Phi) is 37.5. The maximum absolute atomic E-state index is 2.81. The molecule has 0 aromatic rings. The second-order valence-electron chi connectivity index (χ2n) is 11.8. The van der Waals surface area contributed by atoms with Gasteiger partial charge in [-0.05, 0) is 21.1 Å². The highest BCUT2D eigenvalue weighted by molar-refractivity contribution is 6.74. The smallest absolute Gasteiger partial charge is 0.153 e. The van der Waals surface area contributed by atoms with E-state index < -0.39 is 0 Å². The van der Waals surface area contributed by atoms with E-state index in [1.54, 1.807) is 0 Å². The average molecular weight is 876 g/mol. The summed E-state index contributed by atoms with van der Waals surface area (Å²) >= 11 is 0. The largest absolute Gasteiger partial charge is 0.377 e. The van der Waals surface area contributed by atoms with E-state index in [0.717, 1.165) is 0 Å². The van der Waals surface area contributed by atoms with Crippen LogP contribution in [-0.4, -0.2) is 287 Å². The average Bonchev–Trinajstić information content (AvgIpc) is 2.57. The fraction of sp³-hybridized carbons (Fsp3) is 1.00. The van der Waals surface area contributed by atoms with Crippen molar-refractivity contribution in [3.8, 4) is 0 Å². The van der Waals surface area contributed by atoms with Crippen molar-refractivity contribution in [3.63, 3.8) is 0 Å². The van der Waals surface area contributed by atoms with Crippen LogP contribution in [0.25, 0.3) is 0 Å². The minimum absolute atomic E-state index is 0. The molecule has 0 saturated carbocycles. The number of rotatable bonds is 9. The number of nitrogens with zero attached hydrogens (tertiary/aromatic N) is 11. The Bertz CT molecular complexity index is 430. The molecule has 1 aliphatic rings. The third kappa shape index (κ3) is 36.2. The molecule has 0 aromatic carbocycles. The van der Waals surface area contributed by atoms with Crippen LogP contribution >= 0.6 is 0 Å². The van der Waals surface area contributed by atoms with Gasteiger partial charge in [0.1, 0.15) is 29.5 Å². The molecule has 230 valence electrons. The van der Waals surface area contributed by atoms with Gasteiger partial charge in [0.2, 0.25) is 0 Å². The first-order chi connectivity index (χ1) is 16.3. The fourth-order valence-electron chi connectivity index (χ4n) is 4.33. The lowest BCUT2D eigenvalue weighted by Gasteiger charge is -2.37. The molecule has 0 unspecified atom stereocenters. The summed E-state index contributed by atoms with van der Waals surface area (Å²) in [6, 6.07) is 0. The monoisotopic (exact) mass is 873 g/mol. The molecular formula is C5H71N11Si21. The Labute approximate surface area is 292 Å². The molecule has 1 rings (SSSR count). The zero-order valence-corrected chi connectivity index (χ0v) is 66.2. The predicted octanol–water partition coefficient (Wildman–Crippen LogP) is -25.7. The molecule has 1 saturated heterocycles. The van der Waals surface area contributed by atoms with Crippen molar-refractivity contribution in [2.75, 3.05) is 21.1 Å². The maximum atomic E-state index is 2.81. The highest BCUT2D eigenvalue weighted by Gasteiger charge is 2.15. The van der Waals surface area contributed by atoms with Crippen LogP contribution in [0.3, 0.4) is 0 Å². The van der Waals surface area contributed by atoms with E-state index in [4.69, 9.17) is 0 Å². The zero-order valence-electron chi connectivity index (χ0n) is 27.7.